The van der Waals surface area contributed by atoms with Gasteiger partial charge in [-0.05, 0) is 56.2 Å². The summed E-state index contributed by atoms with van der Waals surface area (Å²) in [6.45, 7) is 4.41. The maximum Gasteiger partial charge on any atom is 0.416 e. The highest BCUT2D eigenvalue weighted by Gasteiger charge is 2.33. The summed E-state index contributed by atoms with van der Waals surface area (Å²) in [7, 11) is -4.15. The molecule has 2 aromatic rings. The smallest absolute Gasteiger partial charge is 0.352 e. The Bertz CT molecular complexity index is 1190. The van der Waals surface area contributed by atoms with Crippen LogP contribution in [0.15, 0.2) is 53.0 Å². The highest BCUT2D eigenvalue weighted by atomic mass is 79.9. The zero-order valence-electron chi connectivity index (χ0n) is 20.3. The van der Waals surface area contributed by atoms with Crippen LogP contribution in [0.25, 0.3) is 0 Å². The number of benzene rings is 2. The van der Waals surface area contributed by atoms with Crippen molar-refractivity contribution in [3.63, 3.8) is 0 Å². The molecule has 0 bridgehead atoms. The standard InChI is InChI=1S/C24H29BrF3N3O4S/c1-5-16(2)29-23(33)17(3)30(14-18-8-6-10-20(25)12-18)22(32)15-31(36(4,34)35)21-11-7-9-19(13-21)24(26,27)28/h6-13,16-17H,5,14-15H2,1-4H3,(H,29,33)/t16-,17+/m0/s1. The van der Waals surface area contributed by atoms with Gasteiger partial charge in [-0.3, -0.25) is 13.9 Å². The van der Waals surface area contributed by atoms with Crippen LogP contribution in [-0.2, 0) is 32.3 Å². The zero-order chi connectivity index (χ0) is 27.3. The topological polar surface area (TPSA) is 86.8 Å². The molecule has 2 rings (SSSR count). The van der Waals surface area contributed by atoms with E-state index < -0.39 is 46.2 Å². The Hall–Kier alpha value is -2.60. The molecule has 2 atom stereocenters. The molecule has 1 N–H and O–H groups in total. The van der Waals surface area contributed by atoms with Gasteiger partial charge in [-0.1, -0.05) is 41.1 Å². The van der Waals surface area contributed by atoms with Crippen LogP contribution in [0.5, 0.6) is 0 Å². The second-order valence-electron chi connectivity index (χ2n) is 8.46. The van der Waals surface area contributed by atoms with E-state index in [0.717, 1.165) is 22.9 Å². The Labute approximate surface area is 217 Å². The summed E-state index contributed by atoms with van der Waals surface area (Å²) in [5, 5.41) is 2.80. The number of carbonyl (C=O) groups excluding carboxylic acids is 2. The number of rotatable bonds is 10. The number of carbonyl (C=O) groups is 2. The third-order valence-electron chi connectivity index (χ3n) is 5.55. The Morgan fingerprint density at radius 2 is 1.72 bits per heavy atom. The summed E-state index contributed by atoms with van der Waals surface area (Å²) in [5.74, 6) is -1.18. The van der Waals surface area contributed by atoms with E-state index in [9.17, 15) is 31.2 Å². The molecule has 0 spiro atoms. The number of hydrogen-bond acceptors (Lipinski definition) is 4. The number of nitrogens with one attached hydrogen (secondary N) is 1. The van der Waals surface area contributed by atoms with E-state index in [1.807, 2.05) is 13.8 Å². The van der Waals surface area contributed by atoms with Gasteiger partial charge in [0.15, 0.2) is 0 Å². The number of anilines is 1. The molecular weight excluding hydrogens is 563 g/mol. The Morgan fingerprint density at radius 1 is 1.08 bits per heavy atom. The van der Waals surface area contributed by atoms with Crippen LogP contribution in [-0.4, -0.2) is 50.0 Å². The monoisotopic (exact) mass is 591 g/mol. The van der Waals surface area contributed by atoms with Gasteiger partial charge in [0.2, 0.25) is 21.8 Å². The second kappa shape index (κ2) is 12.1. The van der Waals surface area contributed by atoms with Crippen molar-refractivity contribution in [2.75, 3.05) is 17.1 Å². The molecule has 36 heavy (non-hydrogen) atoms. The first kappa shape index (κ1) is 29.6. The first-order valence-electron chi connectivity index (χ1n) is 11.1. The van der Waals surface area contributed by atoms with Gasteiger partial charge in [0.1, 0.15) is 12.6 Å². The minimum absolute atomic E-state index is 0.0203. The van der Waals surface area contributed by atoms with Crippen molar-refractivity contribution in [3.05, 3.63) is 64.1 Å². The van der Waals surface area contributed by atoms with Gasteiger partial charge in [-0.25, -0.2) is 8.42 Å². The predicted octanol–water partition coefficient (Wildman–Crippen LogP) is 4.57. The Kier molecular flexibility index (Phi) is 9.95. The molecule has 0 aliphatic heterocycles. The molecule has 198 valence electrons. The van der Waals surface area contributed by atoms with E-state index in [2.05, 4.69) is 21.2 Å². The van der Waals surface area contributed by atoms with Crippen LogP contribution in [0.4, 0.5) is 18.9 Å². The predicted molar refractivity (Wildman–Crippen MR) is 136 cm³/mol. The summed E-state index contributed by atoms with van der Waals surface area (Å²) >= 11 is 3.35. The SMILES string of the molecule is CC[C@H](C)NC(=O)[C@@H](C)N(Cc1cccc(Br)c1)C(=O)CN(c1cccc(C(F)(F)F)c1)S(C)(=O)=O. The lowest BCUT2D eigenvalue weighted by molar-refractivity contribution is -0.139. The first-order valence-corrected chi connectivity index (χ1v) is 13.8. The van der Waals surface area contributed by atoms with Gasteiger partial charge in [-0.2, -0.15) is 13.2 Å². The van der Waals surface area contributed by atoms with Crippen LogP contribution in [0.2, 0.25) is 0 Å². The largest absolute Gasteiger partial charge is 0.416 e. The summed E-state index contributed by atoms with van der Waals surface area (Å²) < 4.78 is 66.1. The summed E-state index contributed by atoms with van der Waals surface area (Å²) in [6, 6.07) is 9.63. The highest BCUT2D eigenvalue weighted by molar-refractivity contribution is 9.10. The molecule has 7 nitrogen and oxygen atoms in total. The van der Waals surface area contributed by atoms with Crippen molar-refractivity contribution >= 4 is 43.5 Å². The summed E-state index contributed by atoms with van der Waals surface area (Å²) in [5.41, 5.74) is -0.681. The number of sulfonamides is 1. The lowest BCUT2D eigenvalue weighted by Crippen LogP contribution is -2.52. The van der Waals surface area contributed by atoms with Crippen LogP contribution in [0.1, 0.15) is 38.3 Å². The lowest BCUT2D eigenvalue weighted by Gasteiger charge is -2.32. The molecule has 0 unspecified atom stereocenters. The van der Waals surface area contributed by atoms with E-state index in [4.69, 9.17) is 0 Å². The molecule has 0 aliphatic carbocycles. The molecule has 0 saturated carbocycles. The third-order valence-corrected chi connectivity index (χ3v) is 7.18. The van der Waals surface area contributed by atoms with Gasteiger partial charge in [0, 0.05) is 17.1 Å². The summed E-state index contributed by atoms with van der Waals surface area (Å²) in [4.78, 5) is 27.5. The average molecular weight is 592 g/mol. The van der Waals surface area contributed by atoms with Crippen molar-refractivity contribution in [2.24, 2.45) is 0 Å². The molecule has 12 heteroatoms. The number of hydrogen-bond donors (Lipinski definition) is 1. The van der Waals surface area contributed by atoms with Crippen LogP contribution in [0, 0.1) is 0 Å². The van der Waals surface area contributed by atoms with Crippen molar-refractivity contribution in [1.29, 1.82) is 0 Å². The van der Waals surface area contributed by atoms with E-state index in [0.29, 0.717) is 22.4 Å². The fourth-order valence-corrected chi connectivity index (χ4v) is 4.62. The second-order valence-corrected chi connectivity index (χ2v) is 11.3. The molecule has 0 aromatic heterocycles. The lowest BCUT2D eigenvalue weighted by atomic mass is 10.1. The number of amides is 2. The van der Waals surface area contributed by atoms with Gasteiger partial charge in [-0.15, -0.1) is 0 Å². The van der Waals surface area contributed by atoms with Crippen molar-refractivity contribution in [1.82, 2.24) is 10.2 Å². The van der Waals surface area contributed by atoms with Gasteiger partial charge in [0.25, 0.3) is 0 Å². The molecular formula is C24H29BrF3N3O4S. The van der Waals surface area contributed by atoms with Gasteiger partial charge < -0.3 is 10.2 Å². The van der Waals surface area contributed by atoms with E-state index in [1.54, 1.807) is 24.3 Å². The molecule has 0 saturated heterocycles. The number of halogens is 4. The van der Waals surface area contributed by atoms with Crippen molar-refractivity contribution in [2.45, 2.75) is 52.0 Å². The highest BCUT2D eigenvalue weighted by Crippen LogP contribution is 2.32. The summed E-state index contributed by atoms with van der Waals surface area (Å²) in [6.07, 6.45) is -3.23. The molecule has 0 radical (unpaired) electrons. The Morgan fingerprint density at radius 3 is 2.28 bits per heavy atom. The molecule has 0 fully saturated rings. The Balaban J connectivity index is 2.44. The number of alkyl halides is 3. The van der Waals surface area contributed by atoms with Gasteiger partial charge in [0.05, 0.1) is 17.5 Å². The molecule has 0 aliphatic rings. The molecule has 2 amide bonds. The fourth-order valence-electron chi connectivity index (χ4n) is 3.33. The molecule has 0 heterocycles. The first-order chi connectivity index (χ1) is 16.6. The van der Waals surface area contributed by atoms with E-state index in [-0.39, 0.29) is 18.3 Å². The normalized spacial score (nSPS) is 13.6. The molecule has 2 aromatic carbocycles. The minimum Gasteiger partial charge on any atom is -0.352 e. The number of nitrogens with zero attached hydrogens (tertiary/aromatic N) is 2. The van der Waals surface area contributed by atoms with Crippen molar-refractivity contribution in [3.8, 4) is 0 Å². The van der Waals surface area contributed by atoms with E-state index >= 15 is 0 Å². The zero-order valence-corrected chi connectivity index (χ0v) is 22.7. The quantitative estimate of drug-likeness (QED) is 0.438. The minimum atomic E-state index is -4.70. The maximum atomic E-state index is 13.5. The fraction of sp³-hybridized carbons (Fsp3) is 0.417. The van der Waals surface area contributed by atoms with Crippen LogP contribution >= 0.6 is 15.9 Å². The van der Waals surface area contributed by atoms with Crippen LogP contribution < -0.4 is 9.62 Å². The van der Waals surface area contributed by atoms with E-state index in [1.165, 1.54) is 17.9 Å². The van der Waals surface area contributed by atoms with Crippen LogP contribution in [0.3, 0.4) is 0 Å². The van der Waals surface area contributed by atoms with Crippen molar-refractivity contribution < 1.29 is 31.2 Å². The van der Waals surface area contributed by atoms with Gasteiger partial charge >= 0.3 is 6.18 Å². The third kappa shape index (κ3) is 8.22. The maximum absolute atomic E-state index is 13.5. The average Bonchev–Trinajstić information content (AvgIpc) is 2.79.